The minimum atomic E-state index is -3.38. The maximum atomic E-state index is 12.3. The first kappa shape index (κ1) is 16.4. The molecule has 1 N–H and O–H groups in total. The Kier molecular flexibility index (Phi) is 4.53. The molecule has 2 heterocycles. The Bertz CT molecular complexity index is 826. The Balaban J connectivity index is 1.63. The molecule has 1 amide bonds. The molecular formula is C17H19N3O3S. The number of nitrogens with one attached hydrogen (secondary N) is 1. The van der Waals surface area contributed by atoms with Crippen molar-refractivity contribution in [2.24, 2.45) is 4.40 Å². The topological polar surface area (TPSA) is 78.8 Å². The standard InChI is InChI=1S/C17H19N3O3S/c1-13(14-5-3-2-4-6-14)11-18-17(21)15-7-8-16-19-24(22,23)10-9-20(16)12-15/h2-8,12-13H,9-11H2,1H3,(H,18,21). The van der Waals surface area contributed by atoms with E-state index < -0.39 is 10.0 Å². The summed E-state index contributed by atoms with van der Waals surface area (Å²) < 4.78 is 26.7. The lowest BCUT2D eigenvalue weighted by Crippen LogP contribution is -2.38. The van der Waals surface area contributed by atoms with Crippen LogP contribution >= 0.6 is 0 Å². The van der Waals surface area contributed by atoms with E-state index in [1.165, 1.54) is 5.56 Å². The summed E-state index contributed by atoms with van der Waals surface area (Å²) in [5, 5.41) is 2.92. The van der Waals surface area contributed by atoms with Crippen LogP contribution < -0.4 is 5.32 Å². The summed E-state index contributed by atoms with van der Waals surface area (Å²) in [6, 6.07) is 9.99. The summed E-state index contributed by atoms with van der Waals surface area (Å²) in [6.45, 7) is 2.90. The van der Waals surface area contributed by atoms with E-state index in [0.29, 0.717) is 24.5 Å². The van der Waals surface area contributed by atoms with Gasteiger partial charge in [-0.05, 0) is 23.6 Å². The average molecular weight is 345 g/mol. The van der Waals surface area contributed by atoms with Gasteiger partial charge in [0.2, 0.25) is 0 Å². The molecule has 0 bridgehead atoms. The Morgan fingerprint density at radius 2 is 2.04 bits per heavy atom. The third-order valence-corrected chi connectivity index (χ3v) is 5.19. The van der Waals surface area contributed by atoms with Gasteiger partial charge in [0, 0.05) is 19.3 Å². The maximum Gasteiger partial charge on any atom is 0.256 e. The quantitative estimate of drug-likeness (QED) is 0.895. The Morgan fingerprint density at radius 3 is 2.79 bits per heavy atom. The normalized spacial score (nSPS) is 19.8. The van der Waals surface area contributed by atoms with E-state index in [1.807, 2.05) is 30.3 Å². The van der Waals surface area contributed by atoms with E-state index >= 15 is 0 Å². The highest BCUT2D eigenvalue weighted by Crippen LogP contribution is 2.17. The van der Waals surface area contributed by atoms with Crippen molar-refractivity contribution in [2.75, 3.05) is 18.8 Å². The first-order valence-corrected chi connectivity index (χ1v) is 9.38. The van der Waals surface area contributed by atoms with Gasteiger partial charge in [-0.1, -0.05) is 37.3 Å². The Hall–Kier alpha value is -2.41. The summed E-state index contributed by atoms with van der Waals surface area (Å²) in [7, 11) is -3.38. The molecule has 2 aliphatic rings. The second-order valence-electron chi connectivity index (χ2n) is 5.87. The molecule has 7 heteroatoms. The van der Waals surface area contributed by atoms with E-state index in [9.17, 15) is 13.2 Å². The van der Waals surface area contributed by atoms with Crippen molar-refractivity contribution < 1.29 is 13.2 Å². The average Bonchev–Trinajstić information content (AvgIpc) is 2.59. The maximum absolute atomic E-state index is 12.3. The summed E-state index contributed by atoms with van der Waals surface area (Å²) in [6.07, 6.45) is 4.81. The van der Waals surface area contributed by atoms with E-state index in [1.54, 1.807) is 23.3 Å². The Labute approximate surface area is 141 Å². The van der Waals surface area contributed by atoms with Gasteiger partial charge in [0.05, 0.1) is 11.3 Å². The van der Waals surface area contributed by atoms with Gasteiger partial charge in [-0.2, -0.15) is 0 Å². The van der Waals surface area contributed by atoms with Crippen LogP contribution in [0.1, 0.15) is 18.4 Å². The number of amidine groups is 1. The molecule has 0 aromatic heterocycles. The number of sulfonamides is 1. The molecule has 1 unspecified atom stereocenters. The van der Waals surface area contributed by atoms with Crippen LogP contribution in [-0.4, -0.2) is 43.9 Å². The number of carbonyl (C=O) groups is 1. The SMILES string of the molecule is CC(CNC(=O)C1=CN2CCS(=O)(=O)N=C2C=C1)c1ccccc1. The Morgan fingerprint density at radius 1 is 1.29 bits per heavy atom. The lowest BCUT2D eigenvalue weighted by Gasteiger charge is -2.27. The fraction of sp³-hybridized carbons (Fsp3) is 0.294. The molecule has 2 aliphatic heterocycles. The van der Waals surface area contributed by atoms with Crippen LogP contribution in [-0.2, 0) is 14.8 Å². The van der Waals surface area contributed by atoms with Crippen LogP contribution in [0.3, 0.4) is 0 Å². The molecule has 0 saturated heterocycles. The number of carbonyl (C=O) groups excluding carboxylic acids is 1. The van der Waals surface area contributed by atoms with Crippen LogP contribution in [0.15, 0.2) is 58.7 Å². The zero-order chi connectivity index (χ0) is 17.2. The van der Waals surface area contributed by atoms with E-state index in [0.717, 1.165) is 0 Å². The van der Waals surface area contributed by atoms with Gasteiger partial charge in [0.15, 0.2) is 0 Å². The summed E-state index contributed by atoms with van der Waals surface area (Å²) in [5.74, 6) is 0.346. The zero-order valence-electron chi connectivity index (χ0n) is 13.3. The molecule has 0 fully saturated rings. The van der Waals surface area contributed by atoms with Gasteiger partial charge in [-0.15, -0.1) is 4.40 Å². The smallest absolute Gasteiger partial charge is 0.256 e. The first-order chi connectivity index (χ1) is 11.4. The van der Waals surface area contributed by atoms with Crippen LogP contribution in [0.2, 0.25) is 0 Å². The van der Waals surface area contributed by atoms with E-state index in [4.69, 9.17) is 0 Å². The molecule has 6 nitrogen and oxygen atoms in total. The number of benzene rings is 1. The fourth-order valence-electron chi connectivity index (χ4n) is 2.58. The van der Waals surface area contributed by atoms with Gasteiger partial charge < -0.3 is 10.2 Å². The predicted molar refractivity (Wildman–Crippen MR) is 93.0 cm³/mol. The third-order valence-electron chi connectivity index (χ3n) is 4.02. The van der Waals surface area contributed by atoms with Crippen LogP contribution in [0, 0.1) is 0 Å². The van der Waals surface area contributed by atoms with Crippen LogP contribution in [0.5, 0.6) is 0 Å². The van der Waals surface area contributed by atoms with Crippen molar-refractivity contribution in [1.29, 1.82) is 0 Å². The molecule has 1 aromatic rings. The second-order valence-corrected chi connectivity index (χ2v) is 7.62. The molecule has 0 aliphatic carbocycles. The lowest BCUT2D eigenvalue weighted by molar-refractivity contribution is -0.117. The van der Waals surface area contributed by atoms with Gasteiger partial charge in [0.1, 0.15) is 5.84 Å². The molecule has 3 rings (SSSR count). The minimum Gasteiger partial charge on any atom is -0.351 e. The lowest BCUT2D eigenvalue weighted by atomic mass is 10.0. The van der Waals surface area contributed by atoms with Crippen molar-refractivity contribution in [1.82, 2.24) is 10.2 Å². The molecule has 126 valence electrons. The first-order valence-electron chi connectivity index (χ1n) is 7.77. The van der Waals surface area contributed by atoms with Crippen molar-refractivity contribution in [3.8, 4) is 0 Å². The highest BCUT2D eigenvalue weighted by atomic mass is 32.2. The predicted octanol–water partition coefficient (Wildman–Crippen LogP) is 1.40. The molecule has 1 aromatic carbocycles. The number of fused-ring (bicyclic) bond motifs is 1. The van der Waals surface area contributed by atoms with E-state index in [-0.39, 0.29) is 17.6 Å². The molecule has 0 spiro atoms. The fourth-order valence-corrected chi connectivity index (χ4v) is 3.55. The van der Waals surface area contributed by atoms with Gasteiger partial charge in [-0.3, -0.25) is 4.79 Å². The molecule has 0 saturated carbocycles. The zero-order valence-corrected chi connectivity index (χ0v) is 14.2. The number of rotatable bonds is 4. The van der Waals surface area contributed by atoms with Crippen molar-refractivity contribution >= 4 is 21.8 Å². The van der Waals surface area contributed by atoms with Gasteiger partial charge in [-0.25, -0.2) is 8.42 Å². The number of hydrogen-bond donors (Lipinski definition) is 1. The number of nitrogens with zero attached hydrogens (tertiary/aromatic N) is 2. The highest BCUT2D eigenvalue weighted by Gasteiger charge is 2.25. The van der Waals surface area contributed by atoms with E-state index in [2.05, 4.69) is 16.6 Å². The summed E-state index contributed by atoms with van der Waals surface area (Å²) >= 11 is 0. The van der Waals surface area contributed by atoms with Crippen molar-refractivity contribution in [3.05, 3.63) is 59.8 Å². The number of hydrogen-bond acceptors (Lipinski definition) is 4. The van der Waals surface area contributed by atoms with Crippen LogP contribution in [0.25, 0.3) is 0 Å². The number of amides is 1. The summed E-state index contributed by atoms with van der Waals surface area (Å²) in [5.41, 5.74) is 1.66. The summed E-state index contributed by atoms with van der Waals surface area (Å²) in [4.78, 5) is 14.0. The van der Waals surface area contributed by atoms with Gasteiger partial charge in [0.25, 0.3) is 15.9 Å². The van der Waals surface area contributed by atoms with Gasteiger partial charge >= 0.3 is 0 Å². The highest BCUT2D eigenvalue weighted by molar-refractivity contribution is 7.90. The molecule has 24 heavy (non-hydrogen) atoms. The van der Waals surface area contributed by atoms with Crippen LogP contribution in [0.4, 0.5) is 0 Å². The largest absolute Gasteiger partial charge is 0.351 e. The van der Waals surface area contributed by atoms with Crippen molar-refractivity contribution in [3.63, 3.8) is 0 Å². The third kappa shape index (κ3) is 3.73. The minimum absolute atomic E-state index is 0.0409. The molecular weight excluding hydrogens is 326 g/mol. The molecule has 0 radical (unpaired) electrons. The monoisotopic (exact) mass is 345 g/mol. The second kappa shape index (κ2) is 6.60. The van der Waals surface area contributed by atoms with Crippen molar-refractivity contribution in [2.45, 2.75) is 12.8 Å². The molecule has 1 atom stereocenters.